The molecule has 116 valence electrons. The number of nitrogens with one attached hydrogen (secondary N) is 1. The number of nitro benzene ring substituents is 1. The summed E-state index contributed by atoms with van der Waals surface area (Å²) in [6, 6.07) is 3.02. The molecule has 0 aromatic heterocycles. The van der Waals surface area contributed by atoms with Crippen LogP contribution in [-0.4, -0.2) is 36.2 Å². The molecule has 1 fully saturated rings. The van der Waals surface area contributed by atoms with Crippen LogP contribution in [0.25, 0.3) is 0 Å². The Bertz CT molecular complexity index is 530. The Labute approximate surface area is 128 Å². The molecule has 0 saturated carbocycles. The van der Waals surface area contributed by atoms with E-state index in [9.17, 15) is 10.1 Å². The number of methoxy groups -OCH3 is 2. The van der Waals surface area contributed by atoms with Crippen LogP contribution in [0.3, 0.4) is 0 Å². The number of nitro groups is 1. The van der Waals surface area contributed by atoms with Gasteiger partial charge in [-0.05, 0) is 25.5 Å². The summed E-state index contributed by atoms with van der Waals surface area (Å²) in [6.07, 6.45) is 2.31. The highest BCUT2D eigenvalue weighted by molar-refractivity contribution is 8.00. The number of rotatable bonds is 6. The molecular formula is C14H20N2O4S. The molecule has 1 aromatic rings. The van der Waals surface area contributed by atoms with Crippen LogP contribution >= 0.6 is 11.8 Å². The second-order valence-electron chi connectivity index (χ2n) is 5.24. The minimum absolute atomic E-state index is 0.000697. The summed E-state index contributed by atoms with van der Waals surface area (Å²) in [5.74, 6) is 1.98. The fourth-order valence-corrected chi connectivity index (χ4v) is 3.66. The van der Waals surface area contributed by atoms with Gasteiger partial charge in [0.1, 0.15) is 5.69 Å². The van der Waals surface area contributed by atoms with Crippen molar-refractivity contribution in [3.05, 3.63) is 22.2 Å². The number of hydrogen-bond donors (Lipinski definition) is 1. The van der Waals surface area contributed by atoms with Crippen LogP contribution in [0.1, 0.15) is 19.8 Å². The quantitative estimate of drug-likeness (QED) is 0.641. The van der Waals surface area contributed by atoms with Gasteiger partial charge in [-0.1, -0.05) is 0 Å². The first-order valence-electron chi connectivity index (χ1n) is 6.77. The second-order valence-corrected chi connectivity index (χ2v) is 6.92. The van der Waals surface area contributed by atoms with Gasteiger partial charge in [0.2, 0.25) is 0 Å². The van der Waals surface area contributed by atoms with Gasteiger partial charge in [0.15, 0.2) is 11.5 Å². The highest BCUT2D eigenvalue weighted by atomic mass is 32.2. The molecule has 1 saturated heterocycles. The summed E-state index contributed by atoms with van der Waals surface area (Å²) in [5, 5.41) is 14.4. The maximum Gasteiger partial charge on any atom is 0.296 e. The zero-order chi connectivity index (χ0) is 15.5. The van der Waals surface area contributed by atoms with Gasteiger partial charge in [0.05, 0.1) is 25.2 Å². The maximum atomic E-state index is 11.2. The summed E-state index contributed by atoms with van der Waals surface area (Å²) in [4.78, 5) is 10.8. The molecule has 0 spiro atoms. The molecule has 21 heavy (non-hydrogen) atoms. The summed E-state index contributed by atoms with van der Waals surface area (Å²) in [5.41, 5.74) is 0.464. The van der Waals surface area contributed by atoms with Crippen molar-refractivity contribution in [2.24, 2.45) is 0 Å². The first kappa shape index (κ1) is 15.8. The normalized spacial score (nSPS) is 21.1. The fraction of sp³-hybridized carbons (Fsp3) is 0.571. The van der Waals surface area contributed by atoms with Crippen LogP contribution in [0, 0.1) is 10.1 Å². The van der Waals surface area contributed by atoms with Crippen LogP contribution in [0.15, 0.2) is 12.1 Å². The first-order chi connectivity index (χ1) is 9.99. The molecule has 1 heterocycles. The van der Waals surface area contributed by atoms with Crippen molar-refractivity contribution >= 4 is 23.1 Å². The van der Waals surface area contributed by atoms with E-state index in [1.165, 1.54) is 26.7 Å². The molecular weight excluding hydrogens is 292 g/mol. The molecule has 2 rings (SSSR count). The van der Waals surface area contributed by atoms with Crippen LogP contribution in [0.2, 0.25) is 0 Å². The molecule has 6 nitrogen and oxygen atoms in total. The van der Waals surface area contributed by atoms with Gasteiger partial charge in [0, 0.05) is 17.4 Å². The van der Waals surface area contributed by atoms with E-state index in [0.717, 1.165) is 12.2 Å². The van der Waals surface area contributed by atoms with Gasteiger partial charge in [-0.2, -0.15) is 11.8 Å². The van der Waals surface area contributed by atoms with Crippen molar-refractivity contribution in [1.82, 2.24) is 0 Å². The predicted molar refractivity (Wildman–Crippen MR) is 84.8 cm³/mol. The molecule has 0 bridgehead atoms. The topological polar surface area (TPSA) is 73.6 Å². The highest BCUT2D eigenvalue weighted by Crippen LogP contribution is 2.40. The minimum atomic E-state index is -0.408. The molecule has 0 amide bonds. The zero-order valence-corrected chi connectivity index (χ0v) is 13.3. The minimum Gasteiger partial charge on any atom is -0.493 e. The van der Waals surface area contributed by atoms with Gasteiger partial charge in [0.25, 0.3) is 5.69 Å². The number of anilines is 1. The molecule has 0 radical (unpaired) electrons. The van der Waals surface area contributed by atoms with Crippen molar-refractivity contribution in [3.8, 4) is 11.5 Å². The lowest BCUT2D eigenvalue weighted by molar-refractivity contribution is -0.384. The molecule has 1 aromatic carbocycles. The van der Waals surface area contributed by atoms with E-state index in [1.54, 1.807) is 6.07 Å². The first-order valence-corrected chi connectivity index (χ1v) is 7.76. The molecule has 1 aliphatic heterocycles. The molecule has 7 heteroatoms. The molecule has 0 aliphatic carbocycles. The summed E-state index contributed by atoms with van der Waals surface area (Å²) >= 11 is 1.91. The van der Waals surface area contributed by atoms with Crippen molar-refractivity contribution in [2.45, 2.75) is 24.5 Å². The zero-order valence-electron chi connectivity index (χ0n) is 12.5. The van der Waals surface area contributed by atoms with E-state index in [2.05, 4.69) is 12.2 Å². The monoisotopic (exact) mass is 312 g/mol. The van der Waals surface area contributed by atoms with Crippen LogP contribution < -0.4 is 14.8 Å². The van der Waals surface area contributed by atoms with Crippen molar-refractivity contribution < 1.29 is 14.4 Å². The fourth-order valence-electron chi connectivity index (χ4n) is 2.42. The third-order valence-corrected chi connectivity index (χ3v) is 5.19. The third-order valence-electron chi connectivity index (χ3n) is 3.65. The summed E-state index contributed by atoms with van der Waals surface area (Å²) < 4.78 is 10.5. The largest absolute Gasteiger partial charge is 0.493 e. The average molecular weight is 312 g/mol. The number of nitrogens with zero attached hydrogens (tertiary/aromatic N) is 1. The number of hydrogen-bond acceptors (Lipinski definition) is 6. The van der Waals surface area contributed by atoms with E-state index in [0.29, 0.717) is 23.7 Å². The number of thioether (sulfide) groups is 1. The second kappa shape index (κ2) is 6.43. The van der Waals surface area contributed by atoms with Gasteiger partial charge in [-0.3, -0.25) is 10.1 Å². The lowest BCUT2D eigenvalue weighted by atomic mass is 10.1. The van der Waals surface area contributed by atoms with E-state index in [-0.39, 0.29) is 10.4 Å². The molecule has 1 unspecified atom stereocenters. The average Bonchev–Trinajstić information content (AvgIpc) is 2.91. The Morgan fingerprint density at radius 1 is 1.38 bits per heavy atom. The van der Waals surface area contributed by atoms with E-state index >= 15 is 0 Å². The lowest BCUT2D eigenvalue weighted by Crippen LogP contribution is -2.27. The van der Waals surface area contributed by atoms with Gasteiger partial charge >= 0.3 is 0 Å². The van der Waals surface area contributed by atoms with E-state index in [4.69, 9.17) is 9.47 Å². The SMILES string of the molecule is COc1cc(NCC2(C)CCCS2)c([N+](=O)[O-])cc1OC. The smallest absolute Gasteiger partial charge is 0.296 e. The van der Waals surface area contributed by atoms with Crippen LogP contribution in [0.5, 0.6) is 11.5 Å². The van der Waals surface area contributed by atoms with Crippen LogP contribution in [-0.2, 0) is 0 Å². The number of ether oxygens (including phenoxy) is 2. The van der Waals surface area contributed by atoms with Gasteiger partial charge < -0.3 is 14.8 Å². The van der Waals surface area contributed by atoms with Crippen LogP contribution in [0.4, 0.5) is 11.4 Å². The molecule has 1 atom stereocenters. The lowest BCUT2D eigenvalue weighted by Gasteiger charge is -2.23. The number of benzene rings is 1. The molecule has 1 N–H and O–H groups in total. The Morgan fingerprint density at radius 3 is 2.57 bits per heavy atom. The Kier molecular flexibility index (Phi) is 4.82. The summed E-state index contributed by atoms with van der Waals surface area (Å²) in [7, 11) is 2.98. The molecule has 1 aliphatic rings. The Balaban J connectivity index is 2.25. The van der Waals surface area contributed by atoms with Gasteiger partial charge in [-0.15, -0.1) is 0 Å². The standard InChI is InChI=1S/C14H20N2O4S/c1-14(5-4-6-21-14)9-15-10-7-12(19-2)13(20-3)8-11(10)16(17)18/h7-8,15H,4-6,9H2,1-3H3. The maximum absolute atomic E-state index is 11.2. The van der Waals surface area contributed by atoms with Crippen molar-refractivity contribution in [1.29, 1.82) is 0 Å². The highest BCUT2D eigenvalue weighted by Gasteiger charge is 2.30. The van der Waals surface area contributed by atoms with Gasteiger partial charge in [-0.25, -0.2) is 0 Å². The van der Waals surface area contributed by atoms with E-state index in [1.807, 2.05) is 11.8 Å². The predicted octanol–water partition coefficient (Wildman–Crippen LogP) is 3.31. The Hall–Kier alpha value is -1.63. The van der Waals surface area contributed by atoms with Crippen molar-refractivity contribution in [2.75, 3.05) is 31.8 Å². The third kappa shape index (κ3) is 3.53. The summed E-state index contributed by atoms with van der Waals surface area (Å²) in [6.45, 7) is 2.87. The Morgan fingerprint density at radius 2 is 2.05 bits per heavy atom. The van der Waals surface area contributed by atoms with Crippen molar-refractivity contribution in [3.63, 3.8) is 0 Å². The van der Waals surface area contributed by atoms with E-state index < -0.39 is 4.92 Å².